The molecule has 2 amide bonds. The van der Waals surface area contributed by atoms with Crippen LogP contribution in [0.4, 0.5) is 9.59 Å². The van der Waals surface area contributed by atoms with Gasteiger partial charge in [-0.05, 0) is 37.5 Å². The van der Waals surface area contributed by atoms with Crippen molar-refractivity contribution < 1.29 is 28.6 Å². The minimum Gasteiger partial charge on any atom is -0.460 e. The van der Waals surface area contributed by atoms with Gasteiger partial charge in [-0.2, -0.15) is 10.0 Å². The van der Waals surface area contributed by atoms with E-state index in [0.717, 1.165) is 21.1 Å². The van der Waals surface area contributed by atoms with Crippen LogP contribution in [0.25, 0.3) is 11.1 Å². The van der Waals surface area contributed by atoms with E-state index in [4.69, 9.17) is 14.2 Å². The van der Waals surface area contributed by atoms with Gasteiger partial charge in [-0.1, -0.05) is 54.6 Å². The number of ether oxygens (including phenoxy) is 3. The highest BCUT2D eigenvalue weighted by Crippen LogP contribution is 2.33. The molecule has 9 heteroatoms. The number of esters is 1. The van der Waals surface area contributed by atoms with Crippen LogP contribution in [0.15, 0.2) is 59.6 Å². The Morgan fingerprint density at radius 3 is 1.94 bits per heavy atom. The Bertz CT molecular complexity index is 991. The molecule has 1 aliphatic rings. The van der Waals surface area contributed by atoms with E-state index < -0.39 is 24.3 Å². The molecule has 168 valence electrons. The molecular formula is C23H25N3O6. The molecule has 0 fully saturated rings. The summed E-state index contributed by atoms with van der Waals surface area (Å²) in [4.78, 5) is 42.3. The Morgan fingerprint density at radius 2 is 1.34 bits per heavy atom. The van der Waals surface area contributed by atoms with E-state index in [0.29, 0.717) is 5.56 Å². The second-order valence-corrected chi connectivity index (χ2v) is 6.59. The van der Waals surface area contributed by atoms with E-state index >= 15 is 0 Å². The van der Waals surface area contributed by atoms with Gasteiger partial charge in [-0.3, -0.25) is 0 Å². The molecule has 0 aliphatic carbocycles. The van der Waals surface area contributed by atoms with Crippen LogP contribution in [0.3, 0.4) is 0 Å². The number of hydrogen-bond donors (Lipinski definition) is 0. The van der Waals surface area contributed by atoms with Gasteiger partial charge in [0.25, 0.3) is 0 Å². The zero-order chi connectivity index (χ0) is 23.1. The van der Waals surface area contributed by atoms with Crippen molar-refractivity contribution in [3.05, 3.63) is 60.2 Å². The van der Waals surface area contributed by atoms with Crippen LogP contribution in [-0.2, 0) is 19.0 Å². The smallest absolute Gasteiger partial charge is 0.435 e. The molecular weight excluding hydrogens is 414 g/mol. The highest BCUT2D eigenvalue weighted by molar-refractivity contribution is 6.38. The third-order valence-corrected chi connectivity index (χ3v) is 4.56. The molecule has 1 unspecified atom stereocenters. The lowest BCUT2D eigenvalue weighted by Gasteiger charge is -2.29. The molecule has 1 aliphatic heterocycles. The number of carbonyl (C=O) groups excluding carboxylic acids is 3. The van der Waals surface area contributed by atoms with Crippen molar-refractivity contribution in [1.82, 2.24) is 10.0 Å². The van der Waals surface area contributed by atoms with Crippen molar-refractivity contribution in [2.75, 3.05) is 19.8 Å². The maximum absolute atomic E-state index is 12.8. The molecule has 0 spiro atoms. The molecule has 0 saturated heterocycles. The lowest BCUT2D eigenvalue weighted by molar-refractivity contribution is -0.136. The maximum atomic E-state index is 12.8. The van der Waals surface area contributed by atoms with Gasteiger partial charge in [-0.25, -0.2) is 19.4 Å². The Balaban J connectivity index is 2.03. The van der Waals surface area contributed by atoms with Gasteiger partial charge in [0, 0.05) is 0 Å². The summed E-state index contributed by atoms with van der Waals surface area (Å²) in [6.45, 7) is 5.07. The van der Waals surface area contributed by atoms with Crippen LogP contribution in [0.5, 0.6) is 0 Å². The summed E-state index contributed by atoms with van der Waals surface area (Å²) in [5, 5.41) is 1.74. The van der Waals surface area contributed by atoms with Gasteiger partial charge >= 0.3 is 18.2 Å². The third-order valence-electron chi connectivity index (χ3n) is 4.56. The molecule has 1 atom stereocenters. The fourth-order valence-electron chi connectivity index (χ4n) is 3.20. The van der Waals surface area contributed by atoms with Crippen LogP contribution in [-0.4, -0.2) is 53.8 Å². The van der Waals surface area contributed by atoms with Crippen molar-refractivity contribution in [3.63, 3.8) is 0 Å². The summed E-state index contributed by atoms with van der Waals surface area (Å²) < 4.78 is 15.2. The van der Waals surface area contributed by atoms with Crippen LogP contribution < -0.4 is 0 Å². The molecule has 0 bridgehead atoms. The fourth-order valence-corrected chi connectivity index (χ4v) is 3.20. The number of rotatable bonds is 6. The second kappa shape index (κ2) is 10.4. The number of nitrogens with zero attached hydrogens (tertiary/aromatic N) is 3. The predicted octanol–water partition coefficient (Wildman–Crippen LogP) is 4.16. The van der Waals surface area contributed by atoms with Crippen molar-refractivity contribution >= 4 is 24.0 Å². The van der Waals surface area contributed by atoms with E-state index in [1.807, 2.05) is 42.5 Å². The quantitative estimate of drug-likeness (QED) is 0.495. The summed E-state index contributed by atoms with van der Waals surface area (Å²) in [5.74, 6) is -1.20. The average molecular weight is 439 g/mol. The molecule has 3 rings (SSSR count). The standard InChI is InChI=1S/C23H25N3O6/c1-4-30-21(27)20-24-19(25(22(28)31-5-2)26(20)23(29)32-6-3)18-14-12-17(13-15-18)16-10-8-7-9-11-16/h7-15,19H,4-6H2,1-3H3. The van der Waals surface area contributed by atoms with Crippen molar-refractivity contribution in [3.8, 4) is 11.1 Å². The zero-order valence-electron chi connectivity index (χ0n) is 18.2. The van der Waals surface area contributed by atoms with E-state index in [9.17, 15) is 14.4 Å². The largest absolute Gasteiger partial charge is 0.460 e. The lowest BCUT2D eigenvalue weighted by Crippen LogP contribution is -2.51. The molecule has 2 aromatic rings. The van der Waals surface area contributed by atoms with Crippen molar-refractivity contribution in [2.45, 2.75) is 26.9 Å². The van der Waals surface area contributed by atoms with E-state index in [-0.39, 0.29) is 25.7 Å². The summed E-state index contributed by atoms with van der Waals surface area (Å²) in [7, 11) is 0. The van der Waals surface area contributed by atoms with Gasteiger partial charge in [-0.15, -0.1) is 0 Å². The molecule has 0 aromatic heterocycles. The monoisotopic (exact) mass is 439 g/mol. The normalized spacial score (nSPS) is 15.2. The minimum atomic E-state index is -1.01. The van der Waals surface area contributed by atoms with Crippen molar-refractivity contribution in [2.24, 2.45) is 4.99 Å². The summed E-state index contributed by atoms with van der Waals surface area (Å²) in [6, 6.07) is 17.1. The van der Waals surface area contributed by atoms with Crippen LogP contribution in [0.1, 0.15) is 32.5 Å². The molecule has 2 aromatic carbocycles. The SMILES string of the molecule is CCOC(=O)C1=NC(c2ccc(-c3ccccc3)cc2)N(C(=O)OCC)N1C(=O)OCC. The van der Waals surface area contributed by atoms with Gasteiger partial charge in [0.05, 0.1) is 19.8 Å². The van der Waals surface area contributed by atoms with Crippen LogP contribution in [0, 0.1) is 0 Å². The first-order valence-corrected chi connectivity index (χ1v) is 10.3. The van der Waals surface area contributed by atoms with E-state index in [1.165, 1.54) is 0 Å². The van der Waals surface area contributed by atoms with Crippen LogP contribution >= 0.6 is 0 Å². The first-order chi connectivity index (χ1) is 15.5. The van der Waals surface area contributed by atoms with E-state index in [2.05, 4.69) is 4.99 Å². The third kappa shape index (κ3) is 4.72. The van der Waals surface area contributed by atoms with Gasteiger partial charge in [0.1, 0.15) is 0 Å². The topological polar surface area (TPSA) is 97.7 Å². The first-order valence-electron chi connectivity index (χ1n) is 10.3. The average Bonchev–Trinajstić information content (AvgIpc) is 3.21. The second-order valence-electron chi connectivity index (χ2n) is 6.59. The highest BCUT2D eigenvalue weighted by atomic mass is 16.6. The van der Waals surface area contributed by atoms with Gasteiger partial charge in [0.15, 0.2) is 6.17 Å². The zero-order valence-corrected chi connectivity index (χ0v) is 18.2. The molecule has 9 nitrogen and oxygen atoms in total. The number of amidine groups is 1. The molecule has 0 saturated carbocycles. The molecule has 32 heavy (non-hydrogen) atoms. The Labute approximate surface area is 186 Å². The number of amides is 2. The maximum Gasteiger partial charge on any atom is 0.435 e. The van der Waals surface area contributed by atoms with Gasteiger partial charge in [0.2, 0.25) is 5.84 Å². The predicted molar refractivity (Wildman–Crippen MR) is 116 cm³/mol. The summed E-state index contributed by atoms with van der Waals surface area (Å²) in [6.07, 6.45) is -2.79. The Hall–Kier alpha value is -3.88. The lowest BCUT2D eigenvalue weighted by atomic mass is 10.0. The first kappa shape index (κ1) is 22.8. The van der Waals surface area contributed by atoms with E-state index in [1.54, 1.807) is 32.9 Å². The van der Waals surface area contributed by atoms with Crippen LogP contribution in [0.2, 0.25) is 0 Å². The fraction of sp³-hybridized carbons (Fsp3) is 0.304. The highest BCUT2D eigenvalue weighted by Gasteiger charge is 2.47. The number of benzene rings is 2. The number of carbonyl (C=O) groups is 3. The molecule has 0 N–H and O–H groups in total. The number of hydrazine groups is 1. The Morgan fingerprint density at radius 1 is 0.781 bits per heavy atom. The number of hydrogen-bond acceptors (Lipinski definition) is 7. The minimum absolute atomic E-state index is 0.0402. The molecule has 1 heterocycles. The molecule has 0 radical (unpaired) electrons. The van der Waals surface area contributed by atoms with Crippen molar-refractivity contribution in [1.29, 1.82) is 0 Å². The Kier molecular flexibility index (Phi) is 7.43. The summed E-state index contributed by atoms with van der Waals surface area (Å²) in [5.41, 5.74) is 2.56. The number of aliphatic imine (C=N–C) groups is 1. The van der Waals surface area contributed by atoms with Gasteiger partial charge < -0.3 is 14.2 Å². The summed E-state index contributed by atoms with van der Waals surface area (Å²) >= 11 is 0.